The molecule has 8 nitrogen and oxygen atoms in total. The third-order valence-corrected chi connectivity index (χ3v) is 5.61. The summed E-state index contributed by atoms with van der Waals surface area (Å²) in [7, 11) is 1.84. The van der Waals surface area contributed by atoms with Crippen LogP contribution in [0.3, 0.4) is 0 Å². The van der Waals surface area contributed by atoms with Gasteiger partial charge in [-0.15, -0.1) is 0 Å². The predicted molar refractivity (Wildman–Crippen MR) is 116 cm³/mol. The number of nitrogens with one attached hydrogen (secondary N) is 1. The number of hydrogen-bond donors (Lipinski definition) is 1. The lowest BCUT2D eigenvalue weighted by Crippen LogP contribution is -2.50. The van der Waals surface area contributed by atoms with Crippen LogP contribution in [0, 0.1) is 6.92 Å². The molecule has 0 unspecified atom stereocenters. The number of pyridine rings is 1. The van der Waals surface area contributed by atoms with Crippen molar-refractivity contribution in [2.75, 3.05) is 38.0 Å². The number of fused-ring (bicyclic) bond motifs is 1. The molecule has 9 heteroatoms. The first-order valence-corrected chi connectivity index (χ1v) is 10.2. The minimum atomic E-state index is -0.121. The Morgan fingerprint density at radius 2 is 1.90 bits per heavy atom. The number of carbonyl (C=O) groups is 2. The van der Waals surface area contributed by atoms with E-state index in [0.717, 1.165) is 16.7 Å². The second-order valence-electron chi connectivity index (χ2n) is 7.40. The van der Waals surface area contributed by atoms with Crippen molar-refractivity contribution < 1.29 is 9.59 Å². The second-order valence-corrected chi connectivity index (χ2v) is 7.81. The highest BCUT2D eigenvalue weighted by molar-refractivity contribution is 6.33. The van der Waals surface area contributed by atoms with Gasteiger partial charge in [0.1, 0.15) is 0 Å². The van der Waals surface area contributed by atoms with E-state index in [-0.39, 0.29) is 18.4 Å². The fourth-order valence-corrected chi connectivity index (χ4v) is 3.85. The van der Waals surface area contributed by atoms with E-state index in [1.165, 1.54) is 0 Å². The number of nitrogens with zero attached hydrogens (tertiary/aromatic N) is 5. The van der Waals surface area contributed by atoms with Crippen LogP contribution in [-0.2, 0) is 11.8 Å². The number of para-hydroxylation sites is 1. The number of benzene rings is 1. The van der Waals surface area contributed by atoms with E-state index < -0.39 is 0 Å². The molecule has 1 fully saturated rings. The highest BCUT2D eigenvalue weighted by Gasteiger charge is 2.24. The summed E-state index contributed by atoms with van der Waals surface area (Å²) in [6.07, 6.45) is 1.61. The summed E-state index contributed by atoms with van der Waals surface area (Å²) in [5, 5.41) is 8.58. The molecule has 1 N–H and O–H groups in total. The van der Waals surface area contributed by atoms with Crippen molar-refractivity contribution in [3.63, 3.8) is 0 Å². The van der Waals surface area contributed by atoms with Crippen molar-refractivity contribution in [3.05, 3.63) is 52.8 Å². The molecule has 1 saturated heterocycles. The molecule has 156 valence electrons. The van der Waals surface area contributed by atoms with Crippen molar-refractivity contribution in [3.8, 4) is 0 Å². The SMILES string of the molecule is Cc1nn(C)c2ncc(C(=O)N3CCN(CC(=O)Nc4ccccc4Cl)CC3)cc12. The van der Waals surface area contributed by atoms with Gasteiger partial charge < -0.3 is 10.2 Å². The van der Waals surface area contributed by atoms with Crippen molar-refractivity contribution in [2.24, 2.45) is 7.05 Å². The fourth-order valence-electron chi connectivity index (χ4n) is 3.67. The van der Waals surface area contributed by atoms with Gasteiger partial charge in [-0.25, -0.2) is 4.98 Å². The fraction of sp³-hybridized carbons (Fsp3) is 0.333. The summed E-state index contributed by atoms with van der Waals surface area (Å²) in [6.45, 7) is 4.54. The Morgan fingerprint density at radius 1 is 1.17 bits per heavy atom. The molecule has 0 atom stereocenters. The lowest BCUT2D eigenvalue weighted by atomic mass is 10.1. The van der Waals surface area contributed by atoms with Gasteiger partial charge in [-0.1, -0.05) is 23.7 Å². The van der Waals surface area contributed by atoms with Crippen molar-refractivity contribution in [2.45, 2.75) is 6.92 Å². The number of aryl methyl sites for hydroxylation is 2. The predicted octanol–water partition coefficient (Wildman–Crippen LogP) is 2.33. The molecule has 0 bridgehead atoms. The topological polar surface area (TPSA) is 83.4 Å². The molecule has 1 aromatic carbocycles. The van der Waals surface area contributed by atoms with Gasteiger partial charge in [0.25, 0.3) is 5.91 Å². The summed E-state index contributed by atoms with van der Waals surface area (Å²) in [4.78, 5) is 33.5. The molecule has 0 radical (unpaired) electrons. The van der Waals surface area contributed by atoms with Gasteiger partial charge in [0.2, 0.25) is 5.91 Å². The van der Waals surface area contributed by atoms with Crippen LogP contribution in [0.15, 0.2) is 36.5 Å². The molecule has 0 spiro atoms. The van der Waals surface area contributed by atoms with E-state index in [1.54, 1.807) is 27.9 Å². The molecule has 30 heavy (non-hydrogen) atoms. The minimum absolute atomic E-state index is 0.0483. The molecule has 2 aromatic heterocycles. The van der Waals surface area contributed by atoms with Gasteiger partial charge in [0, 0.05) is 44.8 Å². The molecule has 4 rings (SSSR count). The zero-order valence-corrected chi connectivity index (χ0v) is 17.7. The maximum atomic E-state index is 12.9. The Labute approximate surface area is 179 Å². The zero-order valence-electron chi connectivity index (χ0n) is 16.9. The number of rotatable bonds is 4. The maximum Gasteiger partial charge on any atom is 0.255 e. The van der Waals surface area contributed by atoms with Crippen LogP contribution in [0.4, 0.5) is 5.69 Å². The van der Waals surface area contributed by atoms with Gasteiger partial charge in [-0.05, 0) is 25.1 Å². The second kappa shape index (κ2) is 8.41. The lowest BCUT2D eigenvalue weighted by Gasteiger charge is -2.34. The van der Waals surface area contributed by atoms with E-state index >= 15 is 0 Å². The molecule has 2 amide bonds. The molecule has 0 aliphatic carbocycles. The average molecular weight is 427 g/mol. The van der Waals surface area contributed by atoms with E-state index in [1.807, 2.05) is 37.1 Å². The van der Waals surface area contributed by atoms with Gasteiger partial charge in [0.15, 0.2) is 5.65 Å². The third-order valence-electron chi connectivity index (χ3n) is 5.28. The van der Waals surface area contributed by atoms with Crippen LogP contribution in [0.25, 0.3) is 11.0 Å². The maximum absolute atomic E-state index is 12.9. The average Bonchev–Trinajstić information content (AvgIpc) is 3.03. The summed E-state index contributed by atoms with van der Waals surface area (Å²) in [5.41, 5.74) is 2.78. The van der Waals surface area contributed by atoms with Gasteiger partial charge in [0.05, 0.1) is 28.5 Å². The summed E-state index contributed by atoms with van der Waals surface area (Å²) < 4.78 is 1.71. The molecular weight excluding hydrogens is 404 g/mol. The number of aromatic nitrogens is 3. The first-order valence-electron chi connectivity index (χ1n) is 9.78. The molecule has 3 heterocycles. The molecule has 3 aromatic rings. The third kappa shape index (κ3) is 4.15. The van der Waals surface area contributed by atoms with Crippen LogP contribution in [0.1, 0.15) is 16.1 Å². The quantitative estimate of drug-likeness (QED) is 0.692. The number of hydrogen-bond acceptors (Lipinski definition) is 5. The Morgan fingerprint density at radius 3 is 2.63 bits per heavy atom. The molecular formula is C21H23ClN6O2. The van der Waals surface area contributed by atoms with Crippen LogP contribution in [0.2, 0.25) is 5.02 Å². The van der Waals surface area contributed by atoms with E-state index in [4.69, 9.17) is 11.6 Å². The zero-order chi connectivity index (χ0) is 21.3. The van der Waals surface area contributed by atoms with Crippen LogP contribution >= 0.6 is 11.6 Å². The van der Waals surface area contributed by atoms with Gasteiger partial charge in [-0.3, -0.25) is 19.2 Å². The number of carbonyl (C=O) groups excluding carboxylic acids is 2. The Bertz CT molecular complexity index is 1100. The Hall–Kier alpha value is -2.97. The highest BCUT2D eigenvalue weighted by atomic mass is 35.5. The molecule has 1 aliphatic heterocycles. The number of amides is 2. The normalized spacial score (nSPS) is 14.8. The number of halogens is 1. The van der Waals surface area contributed by atoms with Crippen LogP contribution in [0.5, 0.6) is 0 Å². The van der Waals surface area contributed by atoms with E-state index in [9.17, 15) is 9.59 Å². The van der Waals surface area contributed by atoms with Crippen LogP contribution in [-0.4, -0.2) is 69.1 Å². The monoisotopic (exact) mass is 426 g/mol. The van der Waals surface area contributed by atoms with E-state index in [2.05, 4.69) is 15.4 Å². The lowest BCUT2D eigenvalue weighted by molar-refractivity contribution is -0.117. The van der Waals surface area contributed by atoms with Gasteiger partial charge >= 0.3 is 0 Å². The molecule has 1 aliphatic rings. The first kappa shape index (κ1) is 20.3. The van der Waals surface area contributed by atoms with Crippen molar-refractivity contribution in [1.82, 2.24) is 24.6 Å². The van der Waals surface area contributed by atoms with Crippen molar-refractivity contribution >= 4 is 40.1 Å². The minimum Gasteiger partial charge on any atom is -0.336 e. The first-order chi connectivity index (χ1) is 14.4. The Balaban J connectivity index is 1.34. The standard InChI is InChI=1S/C21H23ClN6O2/c1-14-16-11-15(12-23-20(16)26(2)25-14)21(30)28-9-7-27(8-10-28)13-19(29)24-18-6-4-3-5-17(18)22/h3-6,11-12H,7-10,13H2,1-2H3,(H,24,29). The summed E-state index contributed by atoms with van der Waals surface area (Å²) in [5.74, 6) is -0.169. The largest absolute Gasteiger partial charge is 0.336 e. The highest BCUT2D eigenvalue weighted by Crippen LogP contribution is 2.21. The van der Waals surface area contributed by atoms with E-state index in [0.29, 0.717) is 42.5 Å². The number of anilines is 1. The molecule has 0 saturated carbocycles. The van der Waals surface area contributed by atoms with Crippen LogP contribution < -0.4 is 5.32 Å². The summed E-state index contributed by atoms with van der Waals surface area (Å²) in [6, 6.07) is 9.00. The smallest absolute Gasteiger partial charge is 0.255 e. The van der Waals surface area contributed by atoms with Gasteiger partial charge in [-0.2, -0.15) is 5.10 Å². The number of piperazine rings is 1. The Kier molecular flexibility index (Phi) is 5.69. The summed E-state index contributed by atoms with van der Waals surface area (Å²) >= 11 is 6.09. The van der Waals surface area contributed by atoms with Crippen molar-refractivity contribution in [1.29, 1.82) is 0 Å².